The third-order valence-electron chi connectivity index (χ3n) is 8.37. The van der Waals surface area contributed by atoms with E-state index < -0.39 is 44.1 Å². The molecule has 0 aromatic heterocycles. The largest absolute Gasteiger partial charge is 0.452 e. The van der Waals surface area contributed by atoms with Gasteiger partial charge in [0.1, 0.15) is 23.7 Å². The molecule has 6 nitrogen and oxygen atoms in total. The lowest BCUT2D eigenvalue weighted by Crippen LogP contribution is -2.68. The van der Waals surface area contributed by atoms with E-state index in [9.17, 15) is 9.90 Å². The van der Waals surface area contributed by atoms with Gasteiger partial charge in [0.15, 0.2) is 6.10 Å². The summed E-state index contributed by atoms with van der Waals surface area (Å²) >= 11 is 1.49. The van der Waals surface area contributed by atoms with Crippen molar-refractivity contribution in [1.29, 1.82) is 0 Å². The molecule has 1 fully saturated rings. The van der Waals surface area contributed by atoms with Crippen molar-refractivity contribution in [2.45, 2.75) is 69.2 Å². The molecular formula is C38H44O6SSi. The molecule has 5 atom stereocenters. The quantitative estimate of drug-likeness (QED) is 0.144. The van der Waals surface area contributed by atoms with E-state index in [4.69, 9.17) is 18.6 Å². The Labute approximate surface area is 278 Å². The van der Waals surface area contributed by atoms with Crippen LogP contribution in [0, 0.1) is 0 Å². The van der Waals surface area contributed by atoms with E-state index in [1.807, 2.05) is 55.5 Å². The van der Waals surface area contributed by atoms with Crippen LogP contribution in [-0.4, -0.2) is 61.6 Å². The van der Waals surface area contributed by atoms with Gasteiger partial charge in [-0.15, -0.1) is 11.8 Å². The van der Waals surface area contributed by atoms with Crippen LogP contribution >= 0.6 is 11.8 Å². The number of ether oxygens (including phenoxy) is 3. The highest BCUT2D eigenvalue weighted by Crippen LogP contribution is 2.39. The third-order valence-corrected chi connectivity index (χ3v) is 14.4. The maximum absolute atomic E-state index is 13.2. The van der Waals surface area contributed by atoms with Crippen molar-refractivity contribution >= 4 is 36.4 Å². The molecule has 8 heteroatoms. The van der Waals surface area contributed by atoms with E-state index in [0.29, 0.717) is 11.3 Å². The van der Waals surface area contributed by atoms with Crippen molar-refractivity contribution in [2.75, 3.05) is 12.4 Å². The summed E-state index contributed by atoms with van der Waals surface area (Å²) in [7, 11) is -2.91. The third kappa shape index (κ3) is 7.65. The maximum atomic E-state index is 13.2. The SMILES string of the molecule is CCS[C@H]1O[C@H](CO[Si](c2ccccc2)(c2ccccc2)C(C)(C)C)[C@@H](OCc2ccccc2)[C@H](O)[C@H]1OC(=O)c1ccccc1. The molecular weight excluding hydrogens is 613 g/mol. The van der Waals surface area contributed by atoms with E-state index in [1.54, 1.807) is 24.3 Å². The van der Waals surface area contributed by atoms with E-state index in [0.717, 1.165) is 15.9 Å². The number of aliphatic hydroxyl groups excluding tert-OH is 1. The predicted molar refractivity (Wildman–Crippen MR) is 187 cm³/mol. The lowest BCUT2D eigenvalue weighted by Gasteiger charge is -2.47. The summed E-state index contributed by atoms with van der Waals surface area (Å²) in [5, 5.41) is 14.0. The molecule has 0 amide bonds. The molecule has 1 aliphatic heterocycles. The van der Waals surface area contributed by atoms with Crippen molar-refractivity contribution in [2.24, 2.45) is 0 Å². The molecule has 0 unspecified atom stereocenters. The Bertz CT molecular complexity index is 1460. The van der Waals surface area contributed by atoms with Gasteiger partial charge in [-0.1, -0.05) is 137 Å². The summed E-state index contributed by atoms with van der Waals surface area (Å²) in [6.07, 6.45) is -3.54. The van der Waals surface area contributed by atoms with Crippen LogP contribution in [0.4, 0.5) is 0 Å². The summed E-state index contributed by atoms with van der Waals surface area (Å²) in [5.74, 6) is 0.188. The van der Waals surface area contributed by atoms with Gasteiger partial charge in [-0.05, 0) is 38.9 Å². The molecule has 242 valence electrons. The van der Waals surface area contributed by atoms with E-state index in [-0.39, 0.29) is 18.3 Å². The Balaban J connectivity index is 1.49. The number of hydrogen-bond donors (Lipinski definition) is 1. The van der Waals surface area contributed by atoms with Gasteiger partial charge >= 0.3 is 5.97 Å². The first-order valence-corrected chi connectivity index (χ1v) is 18.8. The fraction of sp³-hybridized carbons (Fsp3) is 0.342. The summed E-state index contributed by atoms with van der Waals surface area (Å²) in [4.78, 5) is 13.2. The van der Waals surface area contributed by atoms with Crippen LogP contribution in [0.3, 0.4) is 0 Å². The van der Waals surface area contributed by atoms with Gasteiger partial charge in [0.25, 0.3) is 8.32 Å². The highest BCUT2D eigenvalue weighted by Gasteiger charge is 2.53. The molecule has 0 radical (unpaired) electrons. The topological polar surface area (TPSA) is 74.2 Å². The minimum atomic E-state index is -2.91. The van der Waals surface area contributed by atoms with Crippen LogP contribution in [0.15, 0.2) is 121 Å². The van der Waals surface area contributed by atoms with E-state index in [2.05, 4.69) is 69.3 Å². The zero-order chi connectivity index (χ0) is 32.6. The Morgan fingerprint density at radius 3 is 1.85 bits per heavy atom. The Morgan fingerprint density at radius 2 is 1.33 bits per heavy atom. The molecule has 0 aliphatic carbocycles. The van der Waals surface area contributed by atoms with Gasteiger partial charge in [0.05, 0.1) is 18.8 Å². The van der Waals surface area contributed by atoms with Crippen molar-refractivity contribution in [1.82, 2.24) is 0 Å². The Kier molecular flexibility index (Phi) is 11.5. The van der Waals surface area contributed by atoms with Crippen LogP contribution in [0.2, 0.25) is 5.04 Å². The van der Waals surface area contributed by atoms with Crippen molar-refractivity contribution in [3.63, 3.8) is 0 Å². The second kappa shape index (κ2) is 15.6. The van der Waals surface area contributed by atoms with Crippen LogP contribution in [-0.2, 0) is 25.2 Å². The lowest BCUT2D eigenvalue weighted by molar-refractivity contribution is -0.222. The number of benzene rings is 4. The maximum Gasteiger partial charge on any atom is 0.338 e. The zero-order valence-electron chi connectivity index (χ0n) is 27.0. The van der Waals surface area contributed by atoms with E-state index >= 15 is 0 Å². The Hall–Kier alpha value is -3.24. The number of rotatable bonds is 12. The second-order valence-electron chi connectivity index (χ2n) is 12.5. The summed E-state index contributed by atoms with van der Waals surface area (Å²) in [5.41, 5.74) is 0.759. The van der Waals surface area contributed by atoms with Gasteiger partial charge in [0, 0.05) is 0 Å². The molecule has 1 aliphatic rings. The average Bonchev–Trinajstić information content (AvgIpc) is 3.07. The van der Waals surface area contributed by atoms with Crippen LogP contribution in [0.1, 0.15) is 43.6 Å². The number of thioether (sulfide) groups is 1. The summed E-state index contributed by atoms with van der Waals surface area (Å²) in [6, 6.07) is 39.5. The number of aliphatic hydroxyl groups is 1. The van der Waals surface area contributed by atoms with Gasteiger partial charge in [-0.2, -0.15) is 0 Å². The first kappa shape index (κ1) is 34.1. The van der Waals surface area contributed by atoms with Crippen LogP contribution in [0.5, 0.6) is 0 Å². The second-order valence-corrected chi connectivity index (χ2v) is 18.1. The Morgan fingerprint density at radius 1 is 0.804 bits per heavy atom. The average molecular weight is 657 g/mol. The highest BCUT2D eigenvalue weighted by molar-refractivity contribution is 7.99. The molecule has 1 heterocycles. The molecule has 0 saturated carbocycles. The zero-order valence-corrected chi connectivity index (χ0v) is 28.8. The van der Waals surface area contributed by atoms with Crippen molar-refractivity contribution < 1.29 is 28.5 Å². The number of hydrogen-bond acceptors (Lipinski definition) is 7. The van der Waals surface area contributed by atoms with Gasteiger partial charge in [0.2, 0.25) is 0 Å². The van der Waals surface area contributed by atoms with E-state index in [1.165, 1.54) is 11.8 Å². The normalized spacial score (nSPS) is 21.9. The van der Waals surface area contributed by atoms with Crippen molar-refractivity contribution in [3.05, 3.63) is 132 Å². The fourth-order valence-electron chi connectivity index (χ4n) is 6.16. The fourth-order valence-corrected chi connectivity index (χ4v) is 11.7. The van der Waals surface area contributed by atoms with Gasteiger partial charge < -0.3 is 23.7 Å². The lowest BCUT2D eigenvalue weighted by atomic mass is 9.99. The predicted octanol–water partition coefficient (Wildman–Crippen LogP) is 6.21. The molecule has 5 rings (SSSR count). The number of carbonyl (C=O) groups excluding carboxylic acids is 1. The minimum absolute atomic E-state index is 0.184. The minimum Gasteiger partial charge on any atom is -0.452 e. The molecule has 1 N–H and O–H groups in total. The summed E-state index contributed by atoms with van der Waals surface area (Å²) < 4.78 is 26.4. The van der Waals surface area contributed by atoms with Crippen molar-refractivity contribution in [3.8, 4) is 0 Å². The van der Waals surface area contributed by atoms with Gasteiger partial charge in [-0.3, -0.25) is 0 Å². The molecule has 4 aromatic carbocycles. The molecule has 0 spiro atoms. The van der Waals surface area contributed by atoms with Crippen LogP contribution in [0.25, 0.3) is 0 Å². The summed E-state index contributed by atoms with van der Waals surface area (Å²) in [6.45, 7) is 9.15. The first-order chi connectivity index (χ1) is 22.2. The monoisotopic (exact) mass is 656 g/mol. The smallest absolute Gasteiger partial charge is 0.338 e. The number of esters is 1. The number of carbonyl (C=O) groups is 1. The van der Waals surface area contributed by atoms with Gasteiger partial charge in [-0.25, -0.2) is 4.79 Å². The first-order valence-electron chi connectivity index (χ1n) is 15.9. The molecule has 1 saturated heterocycles. The molecule has 4 aromatic rings. The standard InChI is InChI=1S/C38H44O6SSi/c1-5-45-37-35(44-36(40)29-20-12-7-13-21-29)33(39)34(41-26-28-18-10-6-11-19-28)32(43-37)27-42-46(38(2,3)4,30-22-14-8-15-23-30)31-24-16-9-17-25-31/h6-25,32-35,37,39H,5,26-27H2,1-4H3/t32-,33+,34-,35-,37-/m1/s1. The highest BCUT2D eigenvalue weighted by atomic mass is 32.2. The molecule has 0 bridgehead atoms. The molecule has 46 heavy (non-hydrogen) atoms. The van der Waals surface area contributed by atoms with Crippen LogP contribution < -0.4 is 10.4 Å².